The minimum Gasteiger partial charge on any atom is -0.396 e. The summed E-state index contributed by atoms with van der Waals surface area (Å²) in [5.74, 6) is 0.311. The summed E-state index contributed by atoms with van der Waals surface area (Å²) < 4.78 is 38.8. The van der Waals surface area contributed by atoms with Crippen LogP contribution < -0.4 is 10.2 Å². The van der Waals surface area contributed by atoms with Crippen molar-refractivity contribution in [3.63, 3.8) is 0 Å². The summed E-state index contributed by atoms with van der Waals surface area (Å²) in [6, 6.07) is 0.973. The molecule has 118 valence electrons. The fourth-order valence-electron chi connectivity index (χ4n) is 2.40. The van der Waals surface area contributed by atoms with Crippen molar-refractivity contribution in [2.24, 2.45) is 5.92 Å². The maximum Gasteiger partial charge on any atom is 0.433 e. The molecule has 0 amide bonds. The average molecular weight is 304 g/mol. The minimum atomic E-state index is -4.51. The van der Waals surface area contributed by atoms with Gasteiger partial charge in [-0.3, -0.25) is 0 Å². The lowest BCUT2D eigenvalue weighted by Gasteiger charge is -2.33. The molecule has 2 N–H and O–H groups in total. The molecule has 0 aliphatic carbocycles. The summed E-state index contributed by atoms with van der Waals surface area (Å²) in [5.41, 5.74) is -0.949. The van der Waals surface area contributed by atoms with Crippen LogP contribution in [0.3, 0.4) is 0 Å². The van der Waals surface area contributed by atoms with Gasteiger partial charge in [0.05, 0.1) is 0 Å². The van der Waals surface area contributed by atoms with Gasteiger partial charge in [0.1, 0.15) is 5.82 Å². The van der Waals surface area contributed by atoms with Crippen LogP contribution in [0.4, 0.5) is 24.9 Å². The van der Waals surface area contributed by atoms with Crippen LogP contribution in [0, 0.1) is 5.92 Å². The van der Waals surface area contributed by atoms with E-state index in [-0.39, 0.29) is 24.3 Å². The van der Waals surface area contributed by atoms with Crippen LogP contribution in [-0.2, 0) is 6.18 Å². The number of anilines is 2. The van der Waals surface area contributed by atoms with Gasteiger partial charge in [-0.15, -0.1) is 0 Å². The normalized spacial score (nSPS) is 19.7. The standard InChI is InChI=1S/C13H19F3N4O/c1-2-17-12-18-10(13(14,15)16)6-11(19-12)20-5-3-4-9(7-20)8-21/h6,9,21H,2-5,7-8H2,1H3,(H,17,18,19). The quantitative estimate of drug-likeness (QED) is 0.892. The molecule has 21 heavy (non-hydrogen) atoms. The molecular weight excluding hydrogens is 285 g/mol. The zero-order chi connectivity index (χ0) is 15.5. The molecule has 0 spiro atoms. The summed E-state index contributed by atoms with van der Waals surface area (Å²) in [4.78, 5) is 9.44. The first-order valence-corrected chi connectivity index (χ1v) is 7.00. The van der Waals surface area contributed by atoms with Gasteiger partial charge in [0.15, 0.2) is 5.69 Å². The van der Waals surface area contributed by atoms with Gasteiger partial charge in [-0.1, -0.05) is 0 Å². The van der Waals surface area contributed by atoms with E-state index in [2.05, 4.69) is 15.3 Å². The van der Waals surface area contributed by atoms with E-state index in [1.54, 1.807) is 11.8 Å². The fourth-order valence-corrected chi connectivity index (χ4v) is 2.40. The Balaban J connectivity index is 2.31. The number of aliphatic hydroxyl groups excluding tert-OH is 1. The molecule has 1 aliphatic heterocycles. The van der Waals surface area contributed by atoms with E-state index < -0.39 is 11.9 Å². The molecule has 8 heteroatoms. The highest BCUT2D eigenvalue weighted by molar-refractivity contribution is 5.46. The Labute approximate surface area is 121 Å². The number of alkyl halides is 3. The van der Waals surface area contributed by atoms with Crippen molar-refractivity contribution in [1.82, 2.24) is 9.97 Å². The van der Waals surface area contributed by atoms with Crippen molar-refractivity contribution in [2.45, 2.75) is 25.9 Å². The number of piperidine rings is 1. The smallest absolute Gasteiger partial charge is 0.396 e. The van der Waals surface area contributed by atoms with Gasteiger partial charge < -0.3 is 15.3 Å². The van der Waals surface area contributed by atoms with Gasteiger partial charge in [-0.2, -0.15) is 18.2 Å². The average Bonchev–Trinajstić information content (AvgIpc) is 2.46. The van der Waals surface area contributed by atoms with Gasteiger partial charge in [-0.25, -0.2) is 4.98 Å². The third-order valence-corrected chi connectivity index (χ3v) is 3.44. The summed E-state index contributed by atoms with van der Waals surface area (Å²) in [6.07, 6.45) is -2.80. The molecule has 0 saturated carbocycles. The molecule has 0 bridgehead atoms. The van der Waals surface area contributed by atoms with Crippen LogP contribution >= 0.6 is 0 Å². The number of nitrogens with zero attached hydrogens (tertiary/aromatic N) is 3. The minimum absolute atomic E-state index is 0.0200. The lowest BCUT2D eigenvalue weighted by Crippen LogP contribution is -2.37. The Morgan fingerprint density at radius 1 is 1.43 bits per heavy atom. The predicted molar refractivity (Wildman–Crippen MR) is 73.2 cm³/mol. The molecule has 1 aromatic rings. The number of aliphatic hydroxyl groups is 1. The number of halogens is 3. The lowest BCUT2D eigenvalue weighted by atomic mass is 9.99. The Kier molecular flexibility index (Phi) is 4.87. The molecule has 1 atom stereocenters. The Hall–Kier alpha value is -1.57. The van der Waals surface area contributed by atoms with Gasteiger partial charge in [-0.05, 0) is 25.7 Å². The van der Waals surface area contributed by atoms with Gasteiger partial charge in [0.2, 0.25) is 5.95 Å². The molecule has 1 saturated heterocycles. The first-order chi connectivity index (χ1) is 9.94. The highest BCUT2D eigenvalue weighted by Crippen LogP contribution is 2.31. The first kappa shape index (κ1) is 15.8. The molecular formula is C13H19F3N4O. The van der Waals surface area contributed by atoms with Crippen LogP contribution in [-0.4, -0.2) is 41.3 Å². The predicted octanol–water partition coefficient (Wildman–Crippen LogP) is 2.14. The molecule has 1 unspecified atom stereocenters. The SMILES string of the molecule is CCNc1nc(N2CCCC(CO)C2)cc(C(F)(F)F)n1. The molecule has 0 radical (unpaired) electrons. The Bertz CT molecular complexity index is 481. The summed E-state index contributed by atoms with van der Waals surface area (Å²) in [7, 11) is 0. The Morgan fingerprint density at radius 2 is 2.19 bits per heavy atom. The van der Waals surface area contributed by atoms with Crippen molar-refractivity contribution in [2.75, 3.05) is 36.5 Å². The monoisotopic (exact) mass is 304 g/mol. The molecule has 1 aromatic heterocycles. The zero-order valence-corrected chi connectivity index (χ0v) is 11.8. The third-order valence-electron chi connectivity index (χ3n) is 3.44. The van der Waals surface area contributed by atoms with Crippen molar-refractivity contribution >= 4 is 11.8 Å². The molecule has 5 nitrogen and oxygen atoms in total. The molecule has 1 aliphatic rings. The van der Waals surface area contributed by atoms with Crippen LogP contribution in [0.2, 0.25) is 0 Å². The van der Waals surface area contributed by atoms with Crippen LogP contribution in [0.5, 0.6) is 0 Å². The second kappa shape index (κ2) is 6.46. The van der Waals surface area contributed by atoms with Crippen LogP contribution in [0.1, 0.15) is 25.5 Å². The van der Waals surface area contributed by atoms with E-state index in [9.17, 15) is 18.3 Å². The van der Waals surface area contributed by atoms with E-state index in [1.807, 2.05) is 0 Å². The highest BCUT2D eigenvalue weighted by Gasteiger charge is 2.34. The Morgan fingerprint density at radius 3 is 2.81 bits per heavy atom. The van der Waals surface area contributed by atoms with E-state index in [0.29, 0.717) is 19.6 Å². The first-order valence-electron chi connectivity index (χ1n) is 7.00. The lowest BCUT2D eigenvalue weighted by molar-refractivity contribution is -0.141. The topological polar surface area (TPSA) is 61.3 Å². The fraction of sp³-hybridized carbons (Fsp3) is 0.692. The van der Waals surface area contributed by atoms with Gasteiger partial charge in [0.25, 0.3) is 0 Å². The second-order valence-corrected chi connectivity index (χ2v) is 5.10. The van der Waals surface area contributed by atoms with Gasteiger partial charge >= 0.3 is 6.18 Å². The van der Waals surface area contributed by atoms with E-state index in [0.717, 1.165) is 18.9 Å². The summed E-state index contributed by atoms with van der Waals surface area (Å²) in [5, 5.41) is 12.0. The number of hydrogen-bond acceptors (Lipinski definition) is 5. The number of rotatable bonds is 4. The maximum atomic E-state index is 12.9. The van der Waals surface area contributed by atoms with E-state index in [4.69, 9.17) is 0 Å². The van der Waals surface area contributed by atoms with Crippen LogP contribution in [0.15, 0.2) is 6.07 Å². The van der Waals surface area contributed by atoms with E-state index >= 15 is 0 Å². The van der Waals surface area contributed by atoms with Crippen molar-refractivity contribution in [1.29, 1.82) is 0 Å². The van der Waals surface area contributed by atoms with Crippen molar-refractivity contribution in [3.8, 4) is 0 Å². The van der Waals surface area contributed by atoms with Crippen LogP contribution in [0.25, 0.3) is 0 Å². The van der Waals surface area contributed by atoms with Crippen molar-refractivity contribution in [3.05, 3.63) is 11.8 Å². The maximum absolute atomic E-state index is 12.9. The number of hydrogen-bond donors (Lipinski definition) is 2. The molecule has 1 fully saturated rings. The summed E-state index contributed by atoms with van der Waals surface area (Å²) >= 11 is 0. The zero-order valence-electron chi connectivity index (χ0n) is 11.8. The van der Waals surface area contributed by atoms with Crippen molar-refractivity contribution < 1.29 is 18.3 Å². The molecule has 2 rings (SSSR count). The summed E-state index contributed by atoms with van der Waals surface area (Å²) in [6.45, 7) is 3.40. The third kappa shape index (κ3) is 3.96. The number of aromatic nitrogens is 2. The number of nitrogens with one attached hydrogen (secondary N) is 1. The second-order valence-electron chi connectivity index (χ2n) is 5.10. The molecule has 2 heterocycles. The highest BCUT2D eigenvalue weighted by atomic mass is 19.4. The van der Waals surface area contributed by atoms with E-state index in [1.165, 1.54) is 0 Å². The largest absolute Gasteiger partial charge is 0.433 e. The van der Waals surface area contributed by atoms with Gasteiger partial charge in [0, 0.05) is 32.3 Å². The molecule has 0 aromatic carbocycles.